The van der Waals surface area contributed by atoms with Gasteiger partial charge in [-0.05, 0) is 33.1 Å². The van der Waals surface area contributed by atoms with Crippen LogP contribution in [0.25, 0.3) is 0 Å². The number of hydrogen-bond acceptors (Lipinski definition) is 3. The van der Waals surface area contributed by atoms with E-state index in [9.17, 15) is 0 Å². The average Bonchev–Trinajstić information content (AvgIpc) is 2.98. The van der Waals surface area contributed by atoms with E-state index in [0.717, 1.165) is 23.1 Å². The van der Waals surface area contributed by atoms with Crippen molar-refractivity contribution < 1.29 is 0 Å². The highest BCUT2D eigenvalue weighted by Crippen LogP contribution is 2.34. The highest BCUT2D eigenvalue weighted by molar-refractivity contribution is 6.31. The second-order valence-corrected chi connectivity index (χ2v) is 5.12. The number of halogens is 1. The zero-order chi connectivity index (χ0) is 11.7. The van der Waals surface area contributed by atoms with E-state index >= 15 is 0 Å². The van der Waals surface area contributed by atoms with Crippen LogP contribution in [-0.2, 0) is 0 Å². The normalized spacial score (nSPS) is 17.2. The largest absolute Gasteiger partial charge is 0.365 e. The van der Waals surface area contributed by atoms with Gasteiger partial charge in [0.15, 0.2) is 11.0 Å². The Hall–Kier alpha value is -0.830. The Labute approximate surface area is 102 Å². The molecule has 16 heavy (non-hydrogen) atoms. The van der Waals surface area contributed by atoms with E-state index in [0.29, 0.717) is 11.2 Å². The van der Waals surface area contributed by atoms with Crippen LogP contribution in [0.1, 0.15) is 37.6 Å². The lowest BCUT2D eigenvalue weighted by atomic mass is 10.1. The van der Waals surface area contributed by atoms with Crippen molar-refractivity contribution in [1.29, 1.82) is 0 Å². The maximum Gasteiger partial charge on any atom is 0.171 e. The number of hydrogen-bond donors (Lipinski definition) is 1. The second kappa shape index (κ2) is 4.58. The molecule has 88 valence electrons. The SMILES string of the molecule is Cc1nc(Cl)c(NC(C)CC2CC2)nc1C. The fourth-order valence-corrected chi connectivity index (χ4v) is 2.04. The zero-order valence-electron chi connectivity index (χ0n) is 10.0. The van der Waals surface area contributed by atoms with E-state index in [-0.39, 0.29) is 0 Å². The minimum Gasteiger partial charge on any atom is -0.365 e. The quantitative estimate of drug-likeness (QED) is 0.876. The maximum absolute atomic E-state index is 6.06. The fourth-order valence-electron chi connectivity index (χ4n) is 1.81. The third-order valence-electron chi connectivity index (χ3n) is 3.03. The molecule has 1 saturated carbocycles. The second-order valence-electron chi connectivity index (χ2n) is 4.76. The first-order valence-corrected chi connectivity index (χ1v) is 6.21. The molecule has 1 atom stereocenters. The summed E-state index contributed by atoms with van der Waals surface area (Å²) >= 11 is 6.06. The molecule has 1 unspecified atom stereocenters. The molecule has 0 saturated heterocycles. The van der Waals surface area contributed by atoms with Crippen molar-refractivity contribution in [2.75, 3.05) is 5.32 Å². The summed E-state index contributed by atoms with van der Waals surface area (Å²) in [5, 5.41) is 3.82. The topological polar surface area (TPSA) is 37.8 Å². The molecule has 0 radical (unpaired) electrons. The summed E-state index contributed by atoms with van der Waals surface area (Å²) in [7, 11) is 0. The van der Waals surface area contributed by atoms with E-state index in [4.69, 9.17) is 11.6 Å². The molecular weight excluding hydrogens is 222 g/mol. The Bertz CT molecular complexity index is 388. The molecule has 0 amide bonds. The number of nitrogens with one attached hydrogen (secondary N) is 1. The standard InChI is InChI=1S/C12H18ClN3/c1-7(6-10-4-5-10)14-12-11(13)15-8(2)9(3)16-12/h7,10H,4-6H2,1-3H3,(H,14,16). The van der Waals surface area contributed by atoms with E-state index in [1.807, 2.05) is 13.8 Å². The Balaban J connectivity index is 2.04. The van der Waals surface area contributed by atoms with Crippen LogP contribution in [0.2, 0.25) is 5.15 Å². The summed E-state index contributed by atoms with van der Waals surface area (Å²) < 4.78 is 0. The molecule has 1 aromatic heterocycles. The first-order valence-electron chi connectivity index (χ1n) is 5.83. The summed E-state index contributed by atoms with van der Waals surface area (Å²) in [4.78, 5) is 8.70. The van der Waals surface area contributed by atoms with E-state index in [2.05, 4.69) is 22.2 Å². The van der Waals surface area contributed by atoms with Crippen LogP contribution >= 0.6 is 11.6 Å². The number of aryl methyl sites for hydroxylation is 2. The van der Waals surface area contributed by atoms with Crippen LogP contribution in [0.5, 0.6) is 0 Å². The van der Waals surface area contributed by atoms with Crippen LogP contribution in [0.15, 0.2) is 0 Å². The Morgan fingerprint density at radius 2 is 1.94 bits per heavy atom. The summed E-state index contributed by atoms with van der Waals surface area (Å²) in [5.41, 5.74) is 1.83. The lowest BCUT2D eigenvalue weighted by Gasteiger charge is -2.15. The van der Waals surface area contributed by atoms with Gasteiger partial charge in [0.2, 0.25) is 0 Å². The van der Waals surface area contributed by atoms with Crippen molar-refractivity contribution in [3.8, 4) is 0 Å². The van der Waals surface area contributed by atoms with Gasteiger partial charge in [-0.15, -0.1) is 0 Å². The average molecular weight is 240 g/mol. The third-order valence-corrected chi connectivity index (χ3v) is 3.29. The molecule has 1 aliphatic carbocycles. The van der Waals surface area contributed by atoms with Gasteiger partial charge in [0, 0.05) is 6.04 Å². The van der Waals surface area contributed by atoms with Gasteiger partial charge in [-0.1, -0.05) is 24.4 Å². The Morgan fingerprint density at radius 3 is 2.56 bits per heavy atom. The lowest BCUT2D eigenvalue weighted by Crippen LogP contribution is -2.17. The molecule has 2 rings (SSSR count). The van der Waals surface area contributed by atoms with Gasteiger partial charge in [-0.3, -0.25) is 0 Å². The molecule has 1 fully saturated rings. The van der Waals surface area contributed by atoms with E-state index < -0.39 is 0 Å². The lowest BCUT2D eigenvalue weighted by molar-refractivity contribution is 0.639. The maximum atomic E-state index is 6.06. The number of nitrogens with zero attached hydrogens (tertiary/aromatic N) is 2. The van der Waals surface area contributed by atoms with Crippen molar-refractivity contribution in [3.63, 3.8) is 0 Å². The smallest absolute Gasteiger partial charge is 0.171 e. The Morgan fingerprint density at radius 1 is 1.31 bits per heavy atom. The molecule has 4 heteroatoms. The van der Waals surface area contributed by atoms with Gasteiger partial charge < -0.3 is 5.32 Å². The molecule has 0 spiro atoms. The van der Waals surface area contributed by atoms with Crippen LogP contribution < -0.4 is 5.32 Å². The first kappa shape index (κ1) is 11.6. The summed E-state index contributed by atoms with van der Waals surface area (Å²) in [6, 6.07) is 0.418. The van der Waals surface area contributed by atoms with Crippen LogP contribution in [-0.4, -0.2) is 16.0 Å². The predicted octanol–water partition coefficient (Wildman–Crippen LogP) is 3.35. The molecule has 0 aromatic carbocycles. The summed E-state index contributed by atoms with van der Waals surface area (Å²) in [5.74, 6) is 1.62. The van der Waals surface area contributed by atoms with Crippen LogP contribution in [0, 0.1) is 19.8 Å². The fraction of sp³-hybridized carbons (Fsp3) is 0.667. The zero-order valence-corrected chi connectivity index (χ0v) is 10.8. The molecular formula is C12H18ClN3. The molecule has 1 aromatic rings. The molecule has 0 aliphatic heterocycles. The highest BCUT2D eigenvalue weighted by atomic mass is 35.5. The first-order chi connectivity index (χ1) is 7.56. The van der Waals surface area contributed by atoms with Crippen molar-refractivity contribution in [2.24, 2.45) is 5.92 Å². The van der Waals surface area contributed by atoms with Crippen LogP contribution in [0.4, 0.5) is 5.82 Å². The van der Waals surface area contributed by atoms with Crippen molar-refractivity contribution in [3.05, 3.63) is 16.5 Å². The van der Waals surface area contributed by atoms with Crippen molar-refractivity contribution >= 4 is 17.4 Å². The van der Waals surface area contributed by atoms with Crippen molar-refractivity contribution in [2.45, 2.75) is 46.1 Å². The molecule has 1 aliphatic rings. The van der Waals surface area contributed by atoms with E-state index in [1.54, 1.807) is 0 Å². The Kier molecular flexibility index (Phi) is 3.33. The van der Waals surface area contributed by atoms with Crippen molar-refractivity contribution in [1.82, 2.24) is 9.97 Å². The van der Waals surface area contributed by atoms with Gasteiger partial charge in [0.25, 0.3) is 0 Å². The van der Waals surface area contributed by atoms with Gasteiger partial charge in [0.05, 0.1) is 11.4 Å². The van der Waals surface area contributed by atoms with Gasteiger partial charge in [0.1, 0.15) is 0 Å². The monoisotopic (exact) mass is 239 g/mol. The molecule has 3 nitrogen and oxygen atoms in total. The minimum absolute atomic E-state index is 0.418. The molecule has 1 heterocycles. The van der Waals surface area contributed by atoms with E-state index in [1.165, 1.54) is 19.3 Å². The molecule has 1 N–H and O–H groups in total. The predicted molar refractivity (Wildman–Crippen MR) is 66.9 cm³/mol. The number of anilines is 1. The summed E-state index contributed by atoms with van der Waals surface area (Å²) in [6.07, 6.45) is 3.95. The molecule has 0 bridgehead atoms. The number of rotatable bonds is 4. The minimum atomic E-state index is 0.418. The van der Waals surface area contributed by atoms with Gasteiger partial charge in [-0.2, -0.15) is 0 Å². The highest BCUT2D eigenvalue weighted by Gasteiger charge is 2.24. The summed E-state index contributed by atoms with van der Waals surface area (Å²) in [6.45, 7) is 6.05. The van der Waals surface area contributed by atoms with Gasteiger partial charge in [-0.25, -0.2) is 9.97 Å². The third kappa shape index (κ3) is 2.85. The number of aromatic nitrogens is 2. The van der Waals surface area contributed by atoms with Gasteiger partial charge >= 0.3 is 0 Å². The van der Waals surface area contributed by atoms with Crippen LogP contribution in [0.3, 0.4) is 0 Å².